The fraction of sp³-hybridized carbons (Fsp3) is 0.889. The van der Waals surface area contributed by atoms with Crippen LogP contribution in [0, 0.1) is 5.41 Å². The molecule has 0 aliphatic carbocycles. The third-order valence-electron chi connectivity index (χ3n) is 3.27. The van der Waals surface area contributed by atoms with Crippen LogP contribution in [0.1, 0.15) is 19.3 Å². The number of hydrogen-bond acceptors (Lipinski definition) is 3. The fourth-order valence-electron chi connectivity index (χ4n) is 2.42. The summed E-state index contributed by atoms with van der Waals surface area (Å²) in [5.74, 6) is -0.182. The van der Waals surface area contributed by atoms with E-state index in [0.717, 1.165) is 39.0 Å². The Balaban J connectivity index is 2.21. The number of rotatable bonds is 1. The molecule has 2 fully saturated rings. The Morgan fingerprint density at radius 2 is 2.38 bits per heavy atom. The zero-order valence-electron chi connectivity index (χ0n) is 7.71. The first kappa shape index (κ1) is 8.97. The Hall–Kier alpha value is -0.610. The van der Waals surface area contributed by atoms with Gasteiger partial charge in [0.1, 0.15) is 0 Å². The number of nitrogens with two attached hydrogens (primary N) is 1. The largest absolute Gasteiger partial charge is 0.376 e. The highest BCUT2D eigenvalue weighted by Gasteiger charge is 2.47. The lowest BCUT2D eigenvalue weighted by Gasteiger charge is -2.44. The molecule has 0 aromatic heterocycles. The van der Waals surface area contributed by atoms with Gasteiger partial charge in [0.25, 0.3) is 0 Å². The second-order valence-corrected chi connectivity index (χ2v) is 3.94. The molecule has 0 radical (unpaired) electrons. The summed E-state index contributed by atoms with van der Waals surface area (Å²) in [6, 6.07) is 0. The number of piperidine rings is 1. The maximum absolute atomic E-state index is 11.4. The van der Waals surface area contributed by atoms with Gasteiger partial charge in [-0.05, 0) is 25.8 Å². The average Bonchev–Trinajstić information content (AvgIpc) is 2.17. The van der Waals surface area contributed by atoms with Gasteiger partial charge in [-0.15, -0.1) is 0 Å². The van der Waals surface area contributed by atoms with Gasteiger partial charge in [-0.25, -0.2) is 0 Å². The number of nitrogens with one attached hydrogen (secondary N) is 1. The molecule has 0 aromatic carbocycles. The van der Waals surface area contributed by atoms with E-state index in [1.54, 1.807) is 0 Å². The molecule has 4 nitrogen and oxygen atoms in total. The van der Waals surface area contributed by atoms with Crippen molar-refractivity contribution in [2.75, 3.05) is 19.7 Å². The van der Waals surface area contributed by atoms with Crippen LogP contribution in [0.3, 0.4) is 0 Å². The van der Waals surface area contributed by atoms with Crippen LogP contribution in [0.15, 0.2) is 0 Å². The Labute approximate surface area is 77.8 Å². The normalized spacial score (nSPS) is 39.5. The van der Waals surface area contributed by atoms with E-state index in [1.807, 2.05) is 0 Å². The minimum absolute atomic E-state index is 0.00694. The lowest BCUT2D eigenvalue weighted by molar-refractivity contribution is -0.150. The molecular weight excluding hydrogens is 168 g/mol. The first-order chi connectivity index (χ1) is 6.26. The van der Waals surface area contributed by atoms with E-state index in [2.05, 4.69) is 5.32 Å². The Morgan fingerprint density at radius 1 is 1.54 bits per heavy atom. The summed E-state index contributed by atoms with van der Waals surface area (Å²) in [5, 5.41) is 3.23. The molecule has 2 aliphatic rings. The molecule has 4 heteroatoms. The van der Waals surface area contributed by atoms with Gasteiger partial charge in [0.05, 0.1) is 11.5 Å². The molecule has 0 spiro atoms. The molecule has 0 aromatic rings. The van der Waals surface area contributed by atoms with Crippen LogP contribution >= 0.6 is 0 Å². The first-order valence-corrected chi connectivity index (χ1v) is 4.88. The maximum Gasteiger partial charge on any atom is 0.226 e. The van der Waals surface area contributed by atoms with E-state index in [-0.39, 0.29) is 17.4 Å². The number of amides is 1. The molecule has 2 saturated heterocycles. The molecule has 2 unspecified atom stereocenters. The molecule has 2 heterocycles. The highest BCUT2D eigenvalue weighted by molar-refractivity contribution is 5.81. The SMILES string of the molecule is NC(=O)C12CCCOC1CNCC2. The summed E-state index contributed by atoms with van der Waals surface area (Å²) in [4.78, 5) is 11.4. The van der Waals surface area contributed by atoms with Gasteiger partial charge in [-0.1, -0.05) is 0 Å². The number of hydrogen-bond donors (Lipinski definition) is 2. The van der Waals surface area contributed by atoms with Gasteiger partial charge in [0.15, 0.2) is 0 Å². The molecule has 2 aliphatic heterocycles. The fourth-order valence-corrected chi connectivity index (χ4v) is 2.42. The minimum atomic E-state index is -0.372. The Kier molecular flexibility index (Phi) is 2.26. The van der Waals surface area contributed by atoms with Gasteiger partial charge in [0.2, 0.25) is 5.91 Å². The second-order valence-electron chi connectivity index (χ2n) is 3.94. The summed E-state index contributed by atoms with van der Waals surface area (Å²) < 4.78 is 5.58. The van der Waals surface area contributed by atoms with Crippen LogP contribution in [0.5, 0.6) is 0 Å². The van der Waals surface area contributed by atoms with E-state index in [1.165, 1.54) is 0 Å². The summed E-state index contributed by atoms with van der Waals surface area (Å²) in [6.07, 6.45) is 2.69. The second kappa shape index (κ2) is 3.27. The van der Waals surface area contributed by atoms with Crippen molar-refractivity contribution >= 4 is 5.91 Å². The number of carbonyl (C=O) groups excluding carboxylic acids is 1. The van der Waals surface area contributed by atoms with Crippen molar-refractivity contribution in [3.05, 3.63) is 0 Å². The van der Waals surface area contributed by atoms with Crippen molar-refractivity contribution in [1.82, 2.24) is 5.32 Å². The van der Waals surface area contributed by atoms with Crippen LogP contribution in [0.25, 0.3) is 0 Å². The topological polar surface area (TPSA) is 64.4 Å². The molecular formula is C9H16N2O2. The average molecular weight is 184 g/mol. The van der Waals surface area contributed by atoms with Gasteiger partial charge in [-0.2, -0.15) is 0 Å². The van der Waals surface area contributed by atoms with Crippen molar-refractivity contribution in [2.24, 2.45) is 11.1 Å². The Bertz CT molecular complexity index is 206. The summed E-state index contributed by atoms with van der Waals surface area (Å²) >= 11 is 0. The highest BCUT2D eigenvalue weighted by atomic mass is 16.5. The number of ether oxygens (including phenoxy) is 1. The minimum Gasteiger partial charge on any atom is -0.376 e. The van der Waals surface area contributed by atoms with Crippen molar-refractivity contribution in [1.29, 1.82) is 0 Å². The van der Waals surface area contributed by atoms with Crippen molar-refractivity contribution in [2.45, 2.75) is 25.4 Å². The molecule has 74 valence electrons. The van der Waals surface area contributed by atoms with Crippen LogP contribution in [-0.2, 0) is 9.53 Å². The highest BCUT2D eigenvalue weighted by Crippen LogP contribution is 2.38. The smallest absolute Gasteiger partial charge is 0.226 e. The lowest BCUT2D eigenvalue weighted by atomic mass is 9.71. The van der Waals surface area contributed by atoms with E-state index in [0.29, 0.717) is 0 Å². The monoisotopic (exact) mass is 184 g/mol. The number of carbonyl (C=O) groups is 1. The standard InChI is InChI=1S/C9H16N2O2/c10-8(12)9-2-1-5-13-7(9)6-11-4-3-9/h7,11H,1-6H2,(H2,10,12). The molecule has 0 saturated carbocycles. The van der Waals surface area contributed by atoms with Crippen molar-refractivity contribution in [3.63, 3.8) is 0 Å². The zero-order valence-corrected chi connectivity index (χ0v) is 7.71. The van der Waals surface area contributed by atoms with Crippen molar-refractivity contribution < 1.29 is 9.53 Å². The third kappa shape index (κ3) is 1.34. The van der Waals surface area contributed by atoms with Gasteiger partial charge >= 0.3 is 0 Å². The van der Waals surface area contributed by atoms with Gasteiger partial charge in [-0.3, -0.25) is 4.79 Å². The van der Waals surface area contributed by atoms with Gasteiger partial charge in [0, 0.05) is 13.2 Å². The van der Waals surface area contributed by atoms with Gasteiger partial charge < -0.3 is 15.8 Å². The molecule has 2 rings (SSSR count). The molecule has 13 heavy (non-hydrogen) atoms. The molecule has 2 atom stereocenters. The lowest BCUT2D eigenvalue weighted by Crippen LogP contribution is -2.58. The van der Waals surface area contributed by atoms with Crippen LogP contribution in [0.2, 0.25) is 0 Å². The van der Waals surface area contributed by atoms with Crippen molar-refractivity contribution in [3.8, 4) is 0 Å². The quantitative estimate of drug-likeness (QED) is 0.584. The maximum atomic E-state index is 11.4. The Morgan fingerprint density at radius 3 is 3.08 bits per heavy atom. The molecule has 3 N–H and O–H groups in total. The predicted molar refractivity (Wildman–Crippen MR) is 48.1 cm³/mol. The third-order valence-corrected chi connectivity index (χ3v) is 3.27. The molecule has 0 bridgehead atoms. The summed E-state index contributed by atoms with van der Waals surface area (Å²) in [6.45, 7) is 2.41. The number of primary amides is 1. The first-order valence-electron chi connectivity index (χ1n) is 4.88. The summed E-state index contributed by atoms with van der Waals surface area (Å²) in [7, 11) is 0. The van der Waals surface area contributed by atoms with E-state index >= 15 is 0 Å². The van der Waals surface area contributed by atoms with Crippen LogP contribution < -0.4 is 11.1 Å². The predicted octanol–water partition coefficient (Wildman–Crippen LogP) is -0.370. The van der Waals surface area contributed by atoms with Crippen LogP contribution in [0.4, 0.5) is 0 Å². The van der Waals surface area contributed by atoms with E-state index < -0.39 is 0 Å². The number of fused-ring (bicyclic) bond motifs is 1. The summed E-state index contributed by atoms with van der Waals surface area (Å²) in [5.41, 5.74) is 5.09. The van der Waals surface area contributed by atoms with Crippen LogP contribution in [-0.4, -0.2) is 31.7 Å². The zero-order chi connectivity index (χ0) is 9.31. The molecule has 1 amide bonds. The van der Waals surface area contributed by atoms with E-state index in [4.69, 9.17) is 10.5 Å². The van der Waals surface area contributed by atoms with E-state index in [9.17, 15) is 4.79 Å².